The average molecular weight is 281 g/mol. The highest BCUT2D eigenvalue weighted by Gasteiger charge is 2.14. The minimum Gasteiger partial charge on any atom is -0.323 e. The van der Waals surface area contributed by atoms with Crippen molar-refractivity contribution in [2.24, 2.45) is 0 Å². The summed E-state index contributed by atoms with van der Waals surface area (Å²) in [5, 5.41) is 0. The fourth-order valence-electron chi connectivity index (χ4n) is 2.02. The van der Waals surface area contributed by atoms with E-state index in [1.807, 2.05) is 30.3 Å². The summed E-state index contributed by atoms with van der Waals surface area (Å²) in [6.45, 7) is 2.22. The van der Waals surface area contributed by atoms with Crippen molar-refractivity contribution in [3.8, 4) is 11.8 Å². The number of hydrogen-bond donors (Lipinski definition) is 0. The highest BCUT2D eigenvalue weighted by atomic mass is 19.1. The van der Waals surface area contributed by atoms with Gasteiger partial charge in [-0.15, -0.1) is 0 Å². The third kappa shape index (κ3) is 4.19. The number of hydrogen-bond acceptors (Lipinski definition) is 1. The van der Waals surface area contributed by atoms with Crippen molar-refractivity contribution in [1.82, 2.24) is 4.90 Å². The van der Waals surface area contributed by atoms with Crippen LogP contribution in [-0.2, 0) is 17.9 Å². The molecule has 0 unspecified atom stereocenters. The molecule has 2 aromatic rings. The molecule has 0 aliphatic rings. The van der Waals surface area contributed by atoms with Crippen molar-refractivity contribution >= 4 is 5.91 Å². The maximum atomic E-state index is 13.8. The van der Waals surface area contributed by atoms with Crippen molar-refractivity contribution in [2.75, 3.05) is 0 Å². The molecule has 0 aliphatic heterocycles. The zero-order valence-corrected chi connectivity index (χ0v) is 11.8. The third-order valence-corrected chi connectivity index (χ3v) is 3.05. The van der Waals surface area contributed by atoms with Gasteiger partial charge in [0, 0.05) is 18.7 Å². The summed E-state index contributed by atoms with van der Waals surface area (Å²) in [4.78, 5) is 13.6. The smallest absolute Gasteiger partial charge is 0.299 e. The maximum absolute atomic E-state index is 13.8. The lowest BCUT2D eigenvalue weighted by Crippen LogP contribution is -2.29. The van der Waals surface area contributed by atoms with Crippen LogP contribution in [-0.4, -0.2) is 10.8 Å². The van der Waals surface area contributed by atoms with Crippen molar-refractivity contribution in [3.63, 3.8) is 0 Å². The van der Waals surface area contributed by atoms with Crippen LogP contribution in [0.25, 0.3) is 0 Å². The first-order valence-corrected chi connectivity index (χ1v) is 6.69. The van der Waals surface area contributed by atoms with Gasteiger partial charge in [0.2, 0.25) is 0 Å². The molecule has 0 N–H and O–H groups in total. The van der Waals surface area contributed by atoms with Crippen LogP contribution in [0.3, 0.4) is 0 Å². The Labute approximate surface area is 124 Å². The van der Waals surface area contributed by atoms with Gasteiger partial charge in [-0.05, 0) is 24.5 Å². The minimum absolute atomic E-state index is 0.203. The lowest BCUT2D eigenvalue weighted by molar-refractivity contribution is -0.126. The molecule has 2 rings (SSSR count). The Bertz CT molecular complexity index is 670. The molecular formula is C18H16FNO. The number of amides is 1. The molecule has 0 saturated carbocycles. The number of rotatable bonds is 4. The predicted molar refractivity (Wildman–Crippen MR) is 80.5 cm³/mol. The summed E-state index contributed by atoms with van der Waals surface area (Å²) in [6, 6.07) is 16.1. The fraction of sp³-hybridized carbons (Fsp3) is 0.167. The minimum atomic E-state index is -0.312. The van der Waals surface area contributed by atoms with E-state index in [-0.39, 0.29) is 18.3 Å². The van der Waals surface area contributed by atoms with Crippen molar-refractivity contribution in [3.05, 3.63) is 71.5 Å². The Morgan fingerprint density at radius 1 is 1.05 bits per heavy atom. The Hall–Kier alpha value is -2.60. The van der Waals surface area contributed by atoms with E-state index in [4.69, 9.17) is 0 Å². The van der Waals surface area contributed by atoms with Crippen molar-refractivity contribution in [1.29, 1.82) is 0 Å². The Morgan fingerprint density at radius 2 is 1.71 bits per heavy atom. The quantitative estimate of drug-likeness (QED) is 0.787. The zero-order valence-electron chi connectivity index (χ0n) is 11.8. The first-order chi connectivity index (χ1) is 10.2. The van der Waals surface area contributed by atoms with Gasteiger partial charge in [-0.25, -0.2) is 4.39 Å². The number of carbonyl (C=O) groups excluding carboxylic acids is 1. The van der Waals surface area contributed by atoms with Crippen LogP contribution in [0.15, 0.2) is 54.6 Å². The van der Waals surface area contributed by atoms with E-state index in [1.165, 1.54) is 6.07 Å². The molecule has 2 aromatic carbocycles. The normalized spacial score (nSPS) is 9.62. The Balaban J connectivity index is 2.22. The van der Waals surface area contributed by atoms with E-state index in [0.717, 1.165) is 5.56 Å². The van der Waals surface area contributed by atoms with Gasteiger partial charge in [0.15, 0.2) is 0 Å². The van der Waals surface area contributed by atoms with Gasteiger partial charge in [-0.2, -0.15) is 0 Å². The topological polar surface area (TPSA) is 20.3 Å². The summed E-state index contributed by atoms with van der Waals surface area (Å²) in [5.41, 5.74) is 1.47. The molecule has 0 saturated heterocycles. The van der Waals surface area contributed by atoms with Crippen LogP contribution in [0.2, 0.25) is 0 Å². The number of nitrogens with zero attached hydrogens (tertiary/aromatic N) is 1. The molecule has 1 amide bonds. The van der Waals surface area contributed by atoms with Crippen LogP contribution < -0.4 is 0 Å². The molecule has 21 heavy (non-hydrogen) atoms. The lowest BCUT2D eigenvalue weighted by atomic mass is 10.1. The monoisotopic (exact) mass is 281 g/mol. The summed E-state index contributed by atoms with van der Waals surface area (Å²) in [7, 11) is 0. The van der Waals surface area contributed by atoms with Crippen LogP contribution in [0.5, 0.6) is 0 Å². The predicted octanol–water partition coefficient (Wildman–Crippen LogP) is 3.38. The van der Waals surface area contributed by atoms with Gasteiger partial charge in [0.05, 0.1) is 0 Å². The first kappa shape index (κ1) is 14.8. The van der Waals surface area contributed by atoms with Gasteiger partial charge in [0.1, 0.15) is 5.82 Å². The molecule has 3 heteroatoms. The molecule has 0 bridgehead atoms. The van der Waals surface area contributed by atoms with Gasteiger partial charge in [0.25, 0.3) is 5.91 Å². The summed E-state index contributed by atoms with van der Waals surface area (Å²) in [5.74, 6) is 4.51. The average Bonchev–Trinajstić information content (AvgIpc) is 2.50. The van der Waals surface area contributed by atoms with E-state index in [2.05, 4.69) is 11.8 Å². The van der Waals surface area contributed by atoms with Gasteiger partial charge < -0.3 is 4.90 Å². The second-order valence-electron chi connectivity index (χ2n) is 4.61. The summed E-state index contributed by atoms with van der Waals surface area (Å²) >= 11 is 0. The zero-order chi connectivity index (χ0) is 15.1. The van der Waals surface area contributed by atoms with Gasteiger partial charge >= 0.3 is 0 Å². The summed E-state index contributed by atoms with van der Waals surface area (Å²) in [6.07, 6.45) is 0. The van der Waals surface area contributed by atoms with Crippen molar-refractivity contribution < 1.29 is 9.18 Å². The van der Waals surface area contributed by atoms with Crippen LogP contribution in [0.1, 0.15) is 18.1 Å². The van der Waals surface area contributed by atoms with E-state index >= 15 is 0 Å². The second kappa shape index (κ2) is 7.25. The molecule has 0 spiro atoms. The third-order valence-electron chi connectivity index (χ3n) is 3.05. The molecule has 0 atom stereocenters. The molecule has 0 fully saturated rings. The molecule has 2 nitrogen and oxygen atoms in total. The first-order valence-electron chi connectivity index (χ1n) is 6.69. The molecule has 0 aromatic heterocycles. The van der Waals surface area contributed by atoms with Crippen LogP contribution in [0, 0.1) is 17.7 Å². The van der Waals surface area contributed by atoms with Gasteiger partial charge in [-0.1, -0.05) is 54.5 Å². The molecule has 106 valence electrons. The summed E-state index contributed by atoms with van der Waals surface area (Å²) < 4.78 is 13.8. The highest BCUT2D eigenvalue weighted by molar-refractivity contribution is 5.93. The maximum Gasteiger partial charge on any atom is 0.299 e. The molecule has 0 radical (unpaired) electrons. The number of benzene rings is 2. The van der Waals surface area contributed by atoms with E-state index in [0.29, 0.717) is 12.1 Å². The van der Waals surface area contributed by atoms with E-state index in [9.17, 15) is 9.18 Å². The van der Waals surface area contributed by atoms with E-state index < -0.39 is 0 Å². The Kier molecular flexibility index (Phi) is 5.11. The molecular weight excluding hydrogens is 265 g/mol. The van der Waals surface area contributed by atoms with Crippen LogP contribution in [0.4, 0.5) is 4.39 Å². The van der Waals surface area contributed by atoms with Gasteiger partial charge in [-0.3, -0.25) is 4.79 Å². The second-order valence-corrected chi connectivity index (χ2v) is 4.61. The fourth-order valence-corrected chi connectivity index (χ4v) is 2.02. The van der Waals surface area contributed by atoms with Crippen molar-refractivity contribution in [2.45, 2.75) is 20.0 Å². The highest BCUT2D eigenvalue weighted by Crippen LogP contribution is 2.13. The number of carbonyl (C=O) groups is 1. The molecule has 0 heterocycles. The van der Waals surface area contributed by atoms with E-state index in [1.54, 1.807) is 30.0 Å². The lowest BCUT2D eigenvalue weighted by Gasteiger charge is -2.20. The SMILES string of the molecule is CC#CC(=O)N(Cc1ccccc1)Cc1ccccc1F. The van der Waals surface area contributed by atoms with Crippen LogP contribution >= 0.6 is 0 Å². The standard InChI is InChI=1S/C18H16FNO/c1-2-8-18(21)20(13-15-9-4-3-5-10-15)14-16-11-6-7-12-17(16)19/h3-7,9-12H,13-14H2,1H3. The number of halogens is 1. The molecule has 0 aliphatic carbocycles. The largest absolute Gasteiger partial charge is 0.323 e. The Morgan fingerprint density at radius 3 is 2.38 bits per heavy atom.